The number of nitrogens with one attached hydrogen (secondary N) is 1. The quantitative estimate of drug-likeness (QED) is 0.766. The highest BCUT2D eigenvalue weighted by Crippen LogP contribution is 2.40. The molecule has 1 aromatic carbocycles. The average molecular weight is 333 g/mol. The van der Waals surface area contributed by atoms with Gasteiger partial charge in [-0.05, 0) is 37.7 Å². The number of methoxy groups -OCH3 is 1. The van der Waals surface area contributed by atoms with Crippen LogP contribution in [0.4, 0.5) is 0 Å². The van der Waals surface area contributed by atoms with E-state index >= 15 is 0 Å². The number of ether oxygens (including phenoxy) is 2. The largest absolute Gasteiger partial charge is 0.496 e. The van der Waals surface area contributed by atoms with Gasteiger partial charge in [0.05, 0.1) is 13.7 Å². The van der Waals surface area contributed by atoms with Crippen LogP contribution in [0.2, 0.25) is 0 Å². The van der Waals surface area contributed by atoms with Crippen molar-refractivity contribution in [2.45, 2.75) is 44.6 Å². The lowest BCUT2D eigenvalue weighted by Crippen LogP contribution is -2.39. The summed E-state index contributed by atoms with van der Waals surface area (Å²) in [5, 5.41) is 13.3. The first-order chi connectivity index (χ1) is 11.8. The third kappa shape index (κ3) is 3.93. The Morgan fingerprint density at radius 3 is 2.79 bits per heavy atom. The van der Waals surface area contributed by atoms with E-state index in [1.54, 1.807) is 7.11 Å². The summed E-state index contributed by atoms with van der Waals surface area (Å²) in [6, 6.07) is 8.70. The molecule has 4 heteroatoms. The summed E-state index contributed by atoms with van der Waals surface area (Å²) in [6.07, 6.45) is 7.04. The molecule has 24 heavy (non-hydrogen) atoms. The fourth-order valence-electron chi connectivity index (χ4n) is 4.38. The SMILES string of the molecule is COc1ccccc1C(NCC1(CCO)CCOC1)C1CCCC1. The lowest BCUT2D eigenvalue weighted by Gasteiger charge is -2.33. The van der Waals surface area contributed by atoms with E-state index < -0.39 is 0 Å². The minimum absolute atomic E-state index is 0.0770. The van der Waals surface area contributed by atoms with Crippen LogP contribution in [0.1, 0.15) is 50.1 Å². The third-order valence-corrected chi connectivity index (χ3v) is 5.87. The van der Waals surface area contributed by atoms with E-state index in [1.807, 2.05) is 6.07 Å². The maximum atomic E-state index is 9.46. The fraction of sp³-hybridized carbons (Fsp3) is 0.700. The standard InChI is InChI=1S/C20H31NO3/c1-23-18-9-5-4-8-17(18)19(16-6-2-3-7-16)21-14-20(10-12-22)11-13-24-15-20/h4-5,8-9,16,19,21-22H,2-3,6-7,10-15H2,1H3. The Labute approximate surface area is 145 Å². The number of hydrogen-bond acceptors (Lipinski definition) is 4. The lowest BCUT2D eigenvalue weighted by atomic mass is 9.82. The number of aliphatic hydroxyl groups is 1. The van der Waals surface area contributed by atoms with Crippen molar-refractivity contribution in [3.63, 3.8) is 0 Å². The Hall–Kier alpha value is -1.10. The van der Waals surface area contributed by atoms with Crippen molar-refractivity contribution in [3.05, 3.63) is 29.8 Å². The Morgan fingerprint density at radius 1 is 1.33 bits per heavy atom. The van der Waals surface area contributed by atoms with Crippen LogP contribution >= 0.6 is 0 Å². The van der Waals surface area contributed by atoms with Gasteiger partial charge in [0.15, 0.2) is 0 Å². The summed E-state index contributed by atoms with van der Waals surface area (Å²) in [5.41, 5.74) is 1.35. The van der Waals surface area contributed by atoms with Crippen LogP contribution in [0.25, 0.3) is 0 Å². The first-order valence-electron chi connectivity index (χ1n) is 9.33. The van der Waals surface area contributed by atoms with Crippen LogP contribution < -0.4 is 10.1 Å². The second-order valence-corrected chi connectivity index (χ2v) is 7.42. The average Bonchev–Trinajstić information content (AvgIpc) is 3.29. The van der Waals surface area contributed by atoms with Crippen molar-refractivity contribution in [1.82, 2.24) is 5.32 Å². The molecule has 1 aromatic rings. The molecular weight excluding hydrogens is 302 g/mol. The van der Waals surface area contributed by atoms with E-state index in [4.69, 9.17) is 9.47 Å². The summed E-state index contributed by atoms with van der Waals surface area (Å²) in [4.78, 5) is 0. The molecule has 0 spiro atoms. The highest BCUT2D eigenvalue weighted by molar-refractivity contribution is 5.36. The van der Waals surface area contributed by atoms with E-state index in [2.05, 4.69) is 23.5 Å². The molecule has 0 radical (unpaired) electrons. The molecule has 1 heterocycles. The van der Waals surface area contributed by atoms with Gasteiger partial charge >= 0.3 is 0 Å². The normalized spacial score (nSPS) is 25.9. The lowest BCUT2D eigenvalue weighted by molar-refractivity contribution is 0.119. The number of benzene rings is 1. The molecule has 0 amide bonds. The first-order valence-corrected chi connectivity index (χ1v) is 9.33. The summed E-state index contributed by atoms with van der Waals surface area (Å²) < 4.78 is 11.3. The molecule has 1 saturated carbocycles. The Bertz CT molecular complexity index is 507. The Morgan fingerprint density at radius 2 is 2.12 bits per heavy atom. The summed E-state index contributed by atoms with van der Waals surface area (Å²) in [7, 11) is 1.75. The van der Waals surface area contributed by atoms with Gasteiger partial charge in [-0.2, -0.15) is 0 Å². The molecule has 0 aromatic heterocycles. The van der Waals surface area contributed by atoms with Crippen LogP contribution in [0.15, 0.2) is 24.3 Å². The number of rotatable bonds is 8. The van der Waals surface area contributed by atoms with Gasteiger partial charge in [-0.25, -0.2) is 0 Å². The topological polar surface area (TPSA) is 50.7 Å². The van der Waals surface area contributed by atoms with E-state index in [9.17, 15) is 5.11 Å². The molecule has 2 fully saturated rings. The molecule has 2 unspecified atom stereocenters. The predicted octanol–water partition coefficient (Wildman–Crippen LogP) is 3.31. The van der Waals surface area contributed by atoms with Crippen molar-refractivity contribution < 1.29 is 14.6 Å². The van der Waals surface area contributed by atoms with Crippen LogP contribution in [-0.4, -0.2) is 38.6 Å². The Kier molecular flexibility index (Phi) is 6.14. The molecule has 2 atom stereocenters. The van der Waals surface area contributed by atoms with Gasteiger partial charge in [-0.15, -0.1) is 0 Å². The molecular formula is C20H31NO3. The van der Waals surface area contributed by atoms with Crippen molar-refractivity contribution in [2.75, 3.05) is 33.5 Å². The fourth-order valence-corrected chi connectivity index (χ4v) is 4.38. The highest BCUT2D eigenvalue weighted by Gasteiger charge is 2.36. The van der Waals surface area contributed by atoms with Gasteiger partial charge in [0, 0.05) is 36.8 Å². The maximum Gasteiger partial charge on any atom is 0.123 e. The molecule has 2 aliphatic rings. The van der Waals surface area contributed by atoms with Gasteiger partial charge in [-0.3, -0.25) is 0 Å². The second-order valence-electron chi connectivity index (χ2n) is 7.42. The molecule has 2 N–H and O–H groups in total. The molecule has 0 bridgehead atoms. The number of aliphatic hydroxyl groups excluding tert-OH is 1. The van der Waals surface area contributed by atoms with Gasteiger partial charge in [-0.1, -0.05) is 31.0 Å². The van der Waals surface area contributed by atoms with Crippen molar-refractivity contribution in [2.24, 2.45) is 11.3 Å². The zero-order valence-corrected chi connectivity index (χ0v) is 14.8. The monoisotopic (exact) mass is 333 g/mol. The summed E-state index contributed by atoms with van der Waals surface area (Å²) in [5.74, 6) is 1.63. The van der Waals surface area contributed by atoms with Crippen LogP contribution in [0.3, 0.4) is 0 Å². The van der Waals surface area contributed by atoms with Crippen LogP contribution in [0, 0.1) is 11.3 Å². The van der Waals surface area contributed by atoms with Gasteiger partial charge in [0.2, 0.25) is 0 Å². The van der Waals surface area contributed by atoms with Gasteiger partial charge in [0.25, 0.3) is 0 Å². The van der Waals surface area contributed by atoms with Crippen molar-refractivity contribution in [1.29, 1.82) is 0 Å². The smallest absolute Gasteiger partial charge is 0.123 e. The predicted molar refractivity (Wildman–Crippen MR) is 95.3 cm³/mol. The molecule has 1 aliphatic heterocycles. The van der Waals surface area contributed by atoms with E-state index in [0.717, 1.165) is 38.3 Å². The van der Waals surface area contributed by atoms with E-state index in [0.29, 0.717) is 12.0 Å². The second kappa shape index (κ2) is 8.32. The van der Waals surface area contributed by atoms with Crippen molar-refractivity contribution in [3.8, 4) is 5.75 Å². The number of para-hydroxylation sites is 1. The van der Waals surface area contributed by atoms with E-state index in [1.165, 1.54) is 31.2 Å². The first kappa shape index (κ1) is 17.7. The molecule has 4 nitrogen and oxygen atoms in total. The molecule has 134 valence electrons. The minimum Gasteiger partial charge on any atom is -0.496 e. The zero-order valence-electron chi connectivity index (χ0n) is 14.8. The molecule has 1 saturated heterocycles. The van der Waals surface area contributed by atoms with Crippen molar-refractivity contribution >= 4 is 0 Å². The van der Waals surface area contributed by atoms with Crippen LogP contribution in [0.5, 0.6) is 5.75 Å². The summed E-state index contributed by atoms with van der Waals surface area (Å²) >= 11 is 0. The minimum atomic E-state index is 0.0770. The zero-order chi connectivity index (χ0) is 16.8. The van der Waals surface area contributed by atoms with E-state index in [-0.39, 0.29) is 12.0 Å². The maximum absolute atomic E-state index is 9.46. The van der Waals surface area contributed by atoms with Crippen LogP contribution in [-0.2, 0) is 4.74 Å². The highest BCUT2D eigenvalue weighted by atomic mass is 16.5. The third-order valence-electron chi connectivity index (χ3n) is 5.87. The van der Waals surface area contributed by atoms with Gasteiger partial charge in [0.1, 0.15) is 5.75 Å². The molecule has 3 rings (SSSR count). The molecule has 1 aliphatic carbocycles. The number of hydrogen-bond donors (Lipinski definition) is 2. The summed E-state index contributed by atoms with van der Waals surface area (Å²) in [6.45, 7) is 2.69. The Balaban J connectivity index is 1.77. The van der Waals surface area contributed by atoms with Gasteiger partial charge < -0.3 is 19.9 Å².